The maximum atomic E-state index is 12.6. The number of amides is 2. The number of carbonyl (C=O) groups excluding carboxylic acids is 4. The Kier molecular flexibility index (Phi) is 28.0. The summed E-state index contributed by atoms with van der Waals surface area (Å²) in [7, 11) is 0. The Morgan fingerprint density at radius 1 is 0.829 bits per heavy atom. The number of Topliss-reactive ketones (excluding diaryl/α,β-unsaturated/α-hetero) is 1. The quantitative estimate of drug-likeness (QED) is 0.135. The highest BCUT2D eigenvalue weighted by Gasteiger charge is 2.32. The minimum atomic E-state index is -1.98. The molecule has 0 spiro atoms. The number of nitrogens with two attached hydrogens (primary N) is 1. The van der Waals surface area contributed by atoms with Gasteiger partial charge in [-0.05, 0) is 20.3 Å². The molecule has 1 aliphatic rings. The summed E-state index contributed by atoms with van der Waals surface area (Å²) in [5.41, 5.74) is 4.62. The molecule has 1 fully saturated rings. The Balaban J connectivity index is -0.000000564. The van der Waals surface area contributed by atoms with Gasteiger partial charge in [-0.15, -0.1) is 5.06 Å². The summed E-state index contributed by atoms with van der Waals surface area (Å²) >= 11 is 0. The van der Waals surface area contributed by atoms with Crippen molar-refractivity contribution in [3.63, 3.8) is 0 Å². The number of carboxylic acids is 2. The number of hydrogen-bond acceptors (Lipinski definition) is 12. The molecule has 4 N–H and O–H groups in total. The number of carboxylic acid groups (broad SMARTS) is 2. The molecule has 15 nitrogen and oxygen atoms in total. The Morgan fingerprint density at radius 2 is 1.27 bits per heavy atom. The average molecular weight is 605 g/mol. The van der Waals surface area contributed by atoms with Crippen LogP contribution in [0.15, 0.2) is 0 Å². The van der Waals surface area contributed by atoms with Crippen molar-refractivity contribution in [2.75, 3.05) is 59.4 Å². The Bertz CT molecular complexity index is 771. The summed E-state index contributed by atoms with van der Waals surface area (Å²) in [5.74, 6) is -5.12. The lowest BCUT2D eigenvalue weighted by atomic mass is 10.1. The summed E-state index contributed by atoms with van der Waals surface area (Å²) in [5, 5.41) is 16.5. The van der Waals surface area contributed by atoms with E-state index >= 15 is 0 Å². The number of aliphatic carboxylic acids is 2. The van der Waals surface area contributed by atoms with E-state index in [0.29, 0.717) is 38.1 Å². The number of nitrogens with zero attached hydrogens (tertiary/aromatic N) is 1. The van der Waals surface area contributed by atoms with Crippen molar-refractivity contribution in [3.8, 4) is 0 Å². The van der Waals surface area contributed by atoms with E-state index in [4.69, 9.17) is 29.2 Å². The first-order valence-electron chi connectivity index (χ1n) is 12.2. The van der Waals surface area contributed by atoms with E-state index < -0.39 is 48.6 Å². The zero-order valence-electron chi connectivity index (χ0n) is 22.5. The van der Waals surface area contributed by atoms with Crippen LogP contribution in [0, 0.1) is 0 Å². The van der Waals surface area contributed by atoms with Gasteiger partial charge in [0.25, 0.3) is 11.8 Å². The number of ether oxygens (including phenoxy) is 4. The van der Waals surface area contributed by atoms with Crippen LogP contribution in [0.4, 0.5) is 8.78 Å². The van der Waals surface area contributed by atoms with Crippen molar-refractivity contribution in [2.45, 2.75) is 59.3 Å². The molecule has 2 atom stereocenters. The van der Waals surface area contributed by atoms with Crippen LogP contribution in [-0.2, 0) is 52.6 Å². The van der Waals surface area contributed by atoms with Crippen LogP contribution in [0.1, 0.15) is 47.0 Å². The fourth-order valence-electron chi connectivity index (χ4n) is 2.24. The zero-order valence-corrected chi connectivity index (χ0v) is 22.5. The lowest BCUT2D eigenvalue weighted by Crippen LogP contribution is -2.33. The lowest BCUT2D eigenvalue weighted by Gasteiger charge is -2.12. The van der Waals surface area contributed by atoms with Crippen LogP contribution in [-0.4, -0.2) is 123 Å². The summed E-state index contributed by atoms with van der Waals surface area (Å²) in [6.07, 6.45) is -4.15. The SMILES string of the molecule is C.CCOCCOCC(=O)CC[C@@H](F)C(=O)O.CCOCCOCC(=O)ON1C(=O)CCC1=O.NC[C@@H](F)C(=O)O. The molecule has 1 rings (SSSR count). The van der Waals surface area contributed by atoms with Gasteiger partial charge in [0.1, 0.15) is 13.2 Å². The van der Waals surface area contributed by atoms with Crippen molar-refractivity contribution in [3.05, 3.63) is 0 Å². The van der Waals surface area contributed by atoms with E-state index in [2.05, 4.69) is 10.6 Å². The molecule has 2 amide bonds. The second-order valence-corrected chi connectivity index (χ2v) is 7.47. The van der Waals surface area contributed by atoms with Gasteiger partial charge >= 0.3 is 17.9 Å². The Labute approximate surface area is 237 Å². The number of carbonyl (C=O) groups is 6. The minimum absolute atomic E-state index is 0. The molecule has 1 aliphatic heterocycles. The van der Waals surface area contributed by atoms with Crippen LogP contribution in [0.25, 0.3) is 0 Å². The van der Waals surface area contributed by atoms with E-state index in [1.165, 1.54) is 0 Å². The van der Waals surface area contributed by atoms with Gasteiger partial charge in [-0.25, -0.2) is 23.2 Å². The fourth-order valence-corrected chi connectivity index (χ4v) is 2.24. The number of hydroxylamine groups is 2. The van der Waals surface area contributed by atoms with Gasteiger partial charge in [-0.3, -0.25) is 14.4 Å². The fraction of sp³-hybridized carbons (Fsp3) is 0.750. The summed E-state index contributed by atoms with van der Waals surface area (Å²) in [6, 6.07) is 0. The van der Waals surface area contributed by atoms with Gasteiger partial charge in [0.05, 0.1) is 26.4 Å². The Morgan fingerprint density at radius 3 is 1.66 bits per heavy atom. The molecule has 17 heteroatoms. The van der Waals surface area contributed by atoms with Gasteiger partial charge in [0.15, 0.2) is 12.0 Å². The smallest absolute Gasteiger partial charge is 0.358 e. The molecule has 41 heavy (non-hydrogen) atoms. The second kappa shape index (κ2) is 27.1. The van der Waals surface area contributed by atoms with Crippen LogP contribution in [0.2, 0.25) is 0 Å². The van der Waals surface area contributed by atoms with E-state index in [9.17, 15) is 37.5 Å². The standard InChI is InChI=1S/C10H17FO5.C10H15NO6.C3H6FNO2.CH4/c1-2-15-5-6-16-7-8(12)3-4-9(11)10(13)14;1-2-15-5-6-16-7-10(14)17-11-8(12)3-4-9(11)13;4-2(1-5)3(6)7;/h9H,2-7H2,1H3,(H,13,14);2-7H2,1H3;2H,1,5H2,(H,6,7);1H4/t9-;;2-;/m1.1./s1. The van der Waals surface area contributed by atoms with Crippen molar-refractivity contribution in [2.24, 2.45) is 5.73 Å². The van der Waals surface area contributed by atoms with E-state index in [1.54, 1.807) is 0 Å². The number of alkyl halides is 2. The molecule has 1 heterocycles. The molecule has 0 bridgehead atoms. The van der Waals surface area contributed by atoms with Crippen LogP contribution in [0.5, 0.6) is 0 Å². The molecule has 0 aromatic rings. The van der Waals surface area contributed by atoms with Gasteiger partial charge in [-0.1, -0.05) is 7.43 Å². The largest absolute Gasteiger partial charge is 0.479 e. The van der Waals surface area contributed by atoms with Crippen molar-refractivity contribution in [1.29, 1.82) is 0 Å². The first-order chi connectivity index (χ1) is 18.9. The van der Waals surface area contributed by atoms with Gasteiger partial charge in [0.2, 0.25) is 6.17 Å². The summed E-state index contributed by atoms with van der Waals surface area (Å²) in [6.45, 7) is 5.30. The van der Waals surface area contributed by atoms with E-state index in [-0.39, 0.29) is 58.7 Å². The third kappa shape index (κ3) is 24.4. The van der Waals surface area contributed by atoms with E-state index in [0.717, 1.165) is 0 Å². The molecule has 0 aromatic heterocycles. The third-order valence-electron chi connectivity index (χ3n) is 4.25. The highest BCUT2D eigenvalue weighted by Crippen LogP contribution is 2.12. The molecule has 0 aromatic carbocycles. The molecular weight excluding hydrogens is 562 g/mol. The monoisotopic (exact) mass is 604 g/mol. The minimum Gasteiger partial charge on any atom is -0.479 e. The summed E-state index contributed by atoms with van der Waals surface area (Å²) < 4.78 is 43.9. The van der Waals surface area contributed by atoms with Gasteiger partial charge < -0.3 is 39.7 Å². The average Bonchev–Trinajstić information content (AvgIpc) is 3.23. The topological polar surface area (TPSA) is 218 Å². The number of halogens is 2. The van der Waals surface area contributed by atoms with Crippen molar-refractivity contribution >= 4 is 35.5 Å². The number of hydrogen-bond donors (Lipinski definition) is 3. The second-order valence-electron chi connectivity index (χ2n) is 7.47. The van der Waals surface area contributed by atoms with Crippen LogP contribution >= 0.6 is 0 Å². The lowest BCUT2D eigenvalue weighted by molar-refractivity contribution is -0.200. The third-order valence-corrected chi connectivity index (χ3v) is 4.25. The molecule has 0 saturated carbocycles. The maximum Gasteiger partial charge on any atom is 0.358 e. The van der Waals surface area contributed by atoms with Crippen molar-refractivity contribution in [1.82, 2.24) is 5.06 Å². The molecular formula is C24H42F2N2O13. The van der Waals surface area contributed by atoms with Gasteiger partial charge in [-0.2, -0.15) is 0 Å². The highest BCUT2D eigenvalue weighted by atomic mass is 19.1. The van der Waals surface area contributed by atoms with Crippen molar-refractivity contribution < 1.29 is 71.5 Å². The predicted molar refractivity (Wildman–Crippen MR) is 137 cm³/mol. The maximum absolute atomic E-state index is 12.6. The number of imide groups is 1. The van der Waals surface area contributed by atoms with Gasteiger partial charge in [0, 0.05) is 39.0 Å². The Hall–Kier alpha value is -3.12. The molecule has 0 unspecified atom stereocenters. The van der Waals surface area contributed by atoms with E-state index in [1.807, 2.05) is 13.8 Å². The number of rotatable bonds is 19. The highest BCUT2D eigenvalue weighted by molar-refractivity contribution is 6.01. The molecule has 240 valence electrons. The zero-order chi connectivity index (χ0) is 30.9. The normalized spacial score (nSPS) is 13.5. The summed E-state index contributed by atoms with van der Waals surface area (Å²) in [4.78, 5) is 68.6. The first-order valence-corrected chi connectivity index (χ1v) is 12.2. The first kappa shape index (κ1) is 42.3. The van der Waals surface area contributed by atoms with Crippen LogP contribution < -0.4 is 5.73 Å². The molecule has 0 radical (unpaired) electrons. The molecule has 1 saturated heterocycles. The molecule has 0 aliphatic carbocycles. The predicted octanol–water partition coefficient (Wildman–Crippen LogP) is 0.462. The van der Waals surface area contributed by atoms with Crippen LogP contribution in [0.3, 0.4) is 0 Å². The number of ketones is 1.